The van der Waals surface area contributed by atoms with Crippen LogP contribution in [0.4, 0.5) is 0 Å². The molecule has 4 nitrogen and oxygen atoms in total. The summed E-state index contributed by atoms with van der Waals surface area (Å²) in [6.45, 7) is 0. The third-order valence-electron chi connectivity index (χ3n) is 2.21. The Balaban J connectivity index is 2.83. The molecule has 1 aromatic carbocycles. The number of ether oxygens (including phenoxy) is 1. The molecule has 2 rings (SSSR count). The first-order chi connectivity index (χ1) is 7.24. The normalized spacial score (nSPS) is 10.2. The Morgan fingerprint density at radius 2 is 2.13 bits per heavy atom. The van der Waals surface area contributed by atoms with Gasteiger partial charge in [0.2, 0.25) is 5.56 Å². The molecular formula is C11H9NO3. The van der Waals surface area contributed by atoms with E-state index in [4.69, 9.17) is 4.74 Å². The fourth-order valence-corrected chi connectivity index (χ4v) is 1.49. The molecule has 0 aliphatic heterocycles. The summed E-state index contributed by atoms with van der Waals surface area (Å²) in [5.41, 5.74) is 0.693. The van der Waals surface area contributed by atoms with Gasteiger partial charge < -0.3 is 9.72 Å². The van der Waals surface area contributed by atoms with Crippen molar-refractivity contribution in [3.63, 3.8) is 0 Å². The van der Waals surface area contributed by atoms with Gasteiger partial charge in [-0.05, 0) is 12.1 Å². The van der Waals surface area contributed by atoms with Crippen molar-refractivity contribution < 1.29 is 9.53 Å². The molecule has 0 amide bonds. The minimum absolute atomic E-state index is 0.294. The topological polar surface area (TPSA) is 59.2 Å². The van der Waals surface area contributed by atoms with Crippen molar-refractivity contribution in [2.45, 2.75) is 0 Å². The summed E-state index contributed by atoms with van der Waals surface area (Å²) in [6.07, 6.45) is 0.671. The molecule has 1 N–H and O–H groups in total. The van der Waals surface area contributed by atoms with Gasteiger partial charge in [-0.25, -0.2) is 0 Å². The Bertz CT molecular complexity index is 572. The molecular weight excluding hydrogens is 194 g/mol. The van der Waals surface area contributed by atoms with Gasteiger partial charge in [0.1, 0.15) is 5.75 Å². The zero-order chi connectivity index (χ0) is 10.8. The molecule has 76 valence electrons. The number of benzene rings is 1. The van der Waals surface area contributed by atoms with Gasteiger partial charge in [0.15, 0.2) is 6.29 Å². The quantitative estimate of drug-likeness (QED) is 0.749. The van der Waals surface area contributed by atoms with E-state index in [1.807, 2.05) is 0 Å². The van der Waals surface area contributed by atoms with E-state index in [9.17, 15) is 9.59 Å². The molecule has 0 atom stereocenters. The van der Waals surface area contributed by atoms with Crippen molar-refractivity contribution in [3.05, 3.63) is 40.2 Å². The first-order valence-corrected chi connectivity index (χ1v) is 4.41. The second-order valence-corrected chi connectivity index (χ2v) is 3.12. The minimum Gasteiger partial charge on any atom is -0.497 e. The van der Waals surface area contributed by atoms with Gasteiger partial charge in [-0.3, -0.25) is 9.59 Å². The van der Waals surface area contributed by atoms with Crippen LogP contribution in [0.25, 0.3) is 10.9 Å². The highest BCUT2D eigenvalue weighted by Crippen LogP contribution is 2.19. The van der Waals surface area contributed by atoms with Crippen molar-refractivity contribution in [2.75, 3.05) is 7.11 Å². The minimum atomic E-state index is -0.294. The molecule has 0 saturated carbocycles. The summed E-state index contributed by atoms with van der Waals surface area (Å²) in [5, 5.41) is 0.713. The van der Waals surface area contributed by atoms with Crippen LogP contribution in [0.3, 0.4) is 0 Å². The van der Waals surface area contributed by atoms with Gasteiger partial charge in [-0.1, -0.05) is 0 Å². The highest BCUT2D eigenvalue weighted by Gasteiger charge is 2.03. The fraction of sp³-hybridized carbons (Fsp3) is 0.0909. The number of aromatic amines is 1. The van der Waals surface area contributed by atoms with E-state index in [0.717, 1.165) is 0 Å². The smallest absolute Gasteiger partial charge is 0.249 e. The average molecular weight is 203 g/mol. The lowest BCUT2D eigenvalue weighted by atomic mass is 10.1. The second kappa shape index (κ2) is 3.57. The Labute approximate surface area is 85.5 Å². The maximum Gasteiger partial charge on any atom is 0.249 e. The summed E-state index contributed by atoms with van der Waals surface area (Å²) in [6, 6.07) is 6.45. The zero-order valence-corrected chi connectivity index (χ0v) is 8.11. The first kappa shape index (κ1) is 9.45. The molecule has 0 spiro atoms. The number of pyridine rings is 1. The number of carbonyl (C=O) groups is 1. The summed E-state index contributed by atoms with van der Waals surface area (Å²) in [7, 11) is 1.54. The van der Waals surface area contributed by atoms with Crippen LogP contribution < -0.4 is 10.3 Å². The van der Waals surface area contributed by atoms with Crippen LogP contribution in [0.5, 0.6) is 5.75 Å². The molecule has 0 fully saturated rings. The largest absolute Gasteiger partial charge is 0.497 e. The van der Waals surface area contributed by atoms with Crippen molar-refractivity contribution in [1.82, 2.24) is 4.98 Å². The molecule has 0 aliphatic carbocycles. The SMILES string of the molecule is COc1ccc2c(C=O)cc(=O)[nH]c2c1. The molecule has 1 aromatic heterocycles. The Morgan fingerprint density at radius 3 is 2.80 bits per heavy atom. The van der Waals surface area contributed by atoms with Crippen molar-refractivity contribution in [3.8, 4) is 5.75 Å². The molecule has 2 aromatic rings. The maximum absolute atomic E-state index is 11.2. The third-order valence-corrected chi connectivity index (χ3v) is 2.21. The number of methoxy groups -OCH3 is 1. The van der Waals surface area contributed by atoms with E-state index in [2.05, 4.69) is 4.98 Å². The van der Waals surface area contributed by atoms with Gasteiger partial charge >= 0.3 is 0 Å². The number of fused-ring (bicyclic) bond motifs is 1. The second-order valence-electron chi connectivity index (χ2n) is 3.12. The predicted octanol–water partition coefficient (Wildman–Crippen LogP) is 1.35. The number of hydrogen-bond donors (Lipinski definition) is 1. The van der Waals surface area contributed by atoms with E-state index >= 15 is 0 Å². The van der Waals surface area contributed by atoms with Gasteiger partial charge in [-0.2, -0.15) is 0 Å². The van der Waals surface area contributed by atoms with Gasteiger partial charge in [0.05, 0.1) is 12.6 Å². The van der Waals surface area contributed by atoms with Crippen molar-refractivity contribution in [1.29, 1.82) is 0 Å². The van der Waals surface area contributed by atoms with Gasteiger partial charge in [0.25, 0.3) is 0 Å². The van der Waals surface area contributed by atoms with Crippen LogP contribution in [-0.2, 0) is 0 Å². The van der Waals surface area contributed by atoms with Crippen molar-refractivity contribution in [2.24, 2.45) is 0 Å². The predicted molar refractivity (Wildman–Crippen MR) is 56.5 cm³/mol. The summed E-state index contributed by atoms with van der Waals surface area (Å²) in [5.74, 6) is 0.640. The van der Waals surface area contributed by atoms with E-state index in [0.29, 0.717) is 28.5 Å². The lowest BCUT2D eigenvalue weighted by Crippen LogP contribution is -2.06. The van der Waals surface area contributed by atoms with Gasteiger partial charge in [-0.15, -0.1) is 0 Å². The van der Waals surface area contributed by atoms with Crippen molar-refractivity contribution >= 4 is 17.2 Å². The summed E-state index contributed by atoms with van der Waals surface area (Å²) >= 11 is 0. The van der Waals surface area contributed by atoms with Crippen LogP contribution in [0, 0.1) is 0 Å². The highest BCUT2D eigenvalue weighted by atomic mass is 16.5. The highest BCUT2D eigenvalue weighted by molar-refractivity contribution is 5.96. The molecule has 0 bridgehead atoms. The van der Waals surface area contributed by atoms with E-state index < -0.39 is 0 Å². The third kappa shape index (κ3) is 1.61. The molecule has 0 aliphatic rings. The molecule has 0 saturated heterocycles. The lowest BCUT2D eigenvalue weighted by molar-refractivity contribution is 0.112. The van der Waals surface area contributed by atoms with Crippen LogP contribution in [0.1, 0.15) is 10.4 Å². The molecule has 15 heavy (non-hydrogen) atoms. The Hall–Kier alpha value is -2.10. The standard InChI is InChI=1S/C11H9NO3/c1-15-8-2-3-9-7(6-13)4-11(14)12-10(9)5-8/h2-6H,1H3,(H,12,14). The molecule has 4 heteroatoms. The fourth-order valence-electron chi connectivity index (χ4n) is 1.49. The van der Waals surface area contributed by atoms with Crippen LogP contribution in [0.2, 0.25) is 0 Å². The van der Waals surface area contributed by atoms with E-state index in [-0.39, 0.29) is 5.56 Å². The lowest BCUT2D eigenvalue weighted by Gasteiger charge is -2.03. The maximum atomic E-state index is 11.2. The Morgan fingerprint density at radius 1 is 1.33 bits per heavy atom. The number of carbonyl (C=O) groups excluding carboxylic acids is 1. The number of H-pyrrole nitrogens is 1. The average Bonchev–Trinajstić information content (AvgIpc) is 2.26. The summed E-state index contributed by atoms with van der Waals surface area (Å²) in [4.78, 5) is 24.6. The number of rotatable bonds is 2. The summed E-state index contributed by atoms with van der Waals surface area (Å²) < 4.78 is 5.03. The number of nitrogens with one attached hydrogen (secondary N) is 1. The number of aromatic nitrogens is 1. The van der Waals surface area contributed by atoms with E-state index in [1.54, 1.807) is 25.3 Å². The first-order valence-electron chi connectivity index (χ1n) is 4.41. The van der Waals surface area contributed by atoms with Crippen LogP contribution in [-0.4, -0.2) is 18.4 Å². The number of hydrogen-bond acceptors (Lipinski definition) is 3. The monoisotopic (exact) mass is 203 g/mol. The van der Waals surface area contributed by atoms with Gasteiger partial charge in [0, 0.05) is 23.1 Å². The van der Waals surface area contributed by atoms with E-state index in [1.165, 1.54) is 6.07 Å². The van der Waals surface area contributed by atoms with Crippen LogP contribution in [0.15, 0.2) is 29.1 Å². The number of aldehydes is 1. The van der Waals surface area contributed by atoms with Crippen LogP contribution >= 0.6 is 0 Å². The molecule has 0 unspecified atom stereocenters. The zero-order valence-electron chi connectivity index (χ0n) is 8.11. The molecule has 1 heterocycles. The molecule has 0 radical (unpaired) electrons. The Kier molecular flexibility index (Phi) is 2.25.